The molecule has 2 amide bonds. The third kappa shape index (κ3) is 4.73. The minimum atomic E-state index is -0.451. The van der Waals surface area contributed by atoms with E-state index in [0.717, 1.165) is 25.7 Å². The summed E-state index contributed by atoms with van der Waals surface area (Å²) in [4.78, 5) is 36.0. The zero-order valence-corrected chi connectivity index (χ0v) is 15.2. The third-order valence-corrected chi connectivity index (χ3v) is 4.66. The number of esters is 1. The molecule has 0 aromatic heterocycles. The summed E-state index contributed by atoms with van der Waals surface area (Å²) in [6.07, 6.45) is 4.40. The second kappa shape index (κ2) is 8.49. The van der Waals surface area contributed by atoms with Crippen LogP contribution in [0.25, 0.3) is 0 Å². The Hall–Kier alpha value is -3.15. The molecule has 0 unspecified atom stereocenters. The Morgan fingerprint density at radius 3 is 1.93 bits per heavy atom. The number of hydrogen-bond acceptors (Lipinski definition) is 4. The number of hydrogen-bond donors (Lipinski definition) is 2. The molecule has 0 atom stereocenters. The van der Waals surface area contributed by atoms with Crippen molar-refractivity contribution in [3.63, 3.8) is 0 Å². The number of benzene rings is 2. The van der Waals surface area contributed by atoms with Crippen LogP contribution in [0, 0.1) is 0 Å². The molecule has 0 bridgehead atoms. The molecule has 0 heterocycles. The van der Waals surface area contributed by atoms with Crippen LogP contribution in [-0.4, -0.2) is 30.9 Å². The fraction of sp³-hybridized carbons (Fsp3) is 0.286. The number of carbonyl (C=O) groups is 3. The minimum absolute atomic E-state index is 0.0850. The molecule has 2 N–H and O–H groups in total. The fourth-order valence-corrected chi connectivity index (χ4v) is 3.12. The van der Waals surface area contributed by atoms with Crippen LogP contribution in [-0.2, 0) is 4.74 Å². The molecule has 27 heavy (non-hydrogen) atoms. The van der Waals surface area contributed by atoms with Crippen molar-refractivity contribution < 1.29 is 19.1 Å². The monoisotopic (exact) mass is 366 g/mol. The van der Waals surface area contributed by atoms with Gasteiger partial charge in [0.15, 0.2) is 0 Å². The summed E-state index contributed by atoms with van der Waals surface area (Å²) in [6, 6.07) is 13.3. The largest absolute Gasteiger partial charge is 0.465 e. The van der Waals surface area contributed by atoms with Gasteiger partial charge in [-0.3, -0.25) is 9.59 Å². The number of amides is 2. The Labute approximate surface area is 157 Å². The van der Waals surface area contributed by atoms with Gasteiger partial charge in [-0.15, -0.1) is 0 Å². The van der Waals surface area contributed by atoms with E-state index in [-0.39, 0.29) is 17.9 Å². The highest BCUT2D eigenvalue weighted by Crippen LogP contribution is 2.18. The van der Waals surface area contributed by atoms with Crippen LogP contribution in [0.3, 0.4) is 0 Å². The molecule has 1 saturated carbocycles. The molecule has 6 heteroatoms. The van der Waals surface area contributed by atoms with E-state index in [1.54, 1.807) is 36.4 Å². The van der Waals surface area contributed by atoms with E-state index in [0.29, 0.717) is 22.4 Å². The molecular weight excluding hydrogens is 344 g/mol. The van der Waals surface area contributed by atoms with Gasteiger partial charge in [0.2, 0.25) is 0 Å². The van der Waals surface area contributed by atoms with Gasteiger partial charge in [0.05, 0.1) is 12.7 Å². The Morgan fingerprint density at radius 1 is 0.815 bits per heavy atom. The first-order valence-electron chi connectivity index (χ1n) is 8.97. The lowest BCUT2D eigenvalue weighted by atomic mass is 10.1. The van der Waals surface area contributed by atoms with E-state index in [4.69, 9.17) is 0 Å². The van der Waals surface area contributed by atoms with Gasteiger partial charge >= 0.3 is 5.97 Å². The average molecular weight is 366 g/mol. The second-order valence-corrected chi connectivity index (χ2v) is 6.56. The first-order chi connectivity index (χ1) is 13.1. The zero-order valence-electron chi connectivity index (χ0n) is 15.2. The van der Waals surface area contributed by atoms with Crippen molar-refractivity contribution in [2.75, 3.05) is 12.4 Å². The average Bonchev–Trinajstić information content (AvgIpc) is 3.21. The lowest BCUT2D eigenvalue weighted by molar-refractivity contribution is 0.0600. The first kappa shape index (κ1) is 18.6. The van der Waals surface area contributed by atoms with Crippen LogP contribution in [0.4, 0.5) is 5.69 Å². The van der Waals surface area contributed by atoms with Gasteiger partial charge < -0.3 is 15.4 Å². The molecule has 0 spiro atoms. The molecule has 2 aromatic rings. The Morgan fingerprint density at radius 2 is 1.33 bits per heavy atom. The number of anilines is 1. The first-order valence-corrected chi connectivity index (χ1v) is 8.97. The van der Waals surface area contributed by atoms with Crippen LogP contribution in [0.5, 0.6) is 0 Å². The lowest BCUT2D eigenvalue weighted by Gasteiger charge is -2.12. The van der Waals surface area contributed by atoms with Gasteiger partial charge in [-0.25, -0.2) is 4.79 Å². The Balaban J connectivity index is 1.59. The van der Waals surface area contributed by atoms with Gasteiger partial charge in [0, 0.05) is 22.9 Å². The van der Waals surface area contributed by atoms with E-state index < -0.39 is 5.97 Å². The van der Waals surface area contributed by atoms with E-state index in [1.807, 2.05) is 0 Å². The molecule has 3 rings (SSSR count). The number of ether oxygens (including phenoxy) is 1. The molecule has 0 aliphatic heterocycles. The molecular formula is C21H22N2O4. The smallest absolute Gasteiger partial charge is 0.337 e. The molecule has 0 saturated heterocycles. The molecule has 1 aliphatic carbocycles. The van der Waals surface area contributed by atoms with Gasteiger partial charge in [0.25, 0.3) is 11.8 Å². The summed E-state index contributed by atoms with van der Waals surface area (Å²) in [6.45, 7) is 0. The summed E-state index contributed by atoms with van der Waals surface area (Å²) < 4.78 is 4.63. The molecule has 1 aliphatic rings. The SMILES string of the molecule is COC(=O)c1ccc(C(=O)Nc2ccc(C(=O)NC3CCCC3)cc2)cc1. The van der Waals surface area contributed by atoms with Crippen molar-refractivity contribution in [3.05, 3.63) is 65.2 Å². The second-order valence-electron chi connectivity index (χ2n) is 6.56. The van der Waals surface area contributed by atoms with E-state index in [1.165, 1.54) is 19.2 Å². The van der Waals surface area contributed by atoms with Crippen LogP contribution < -0.4 is 10.6 Å². The van der Waals surface area contributed by atoms with Crippen LogP contribution in [0.2, 0.25) is 0 Å². The maximum absolute atomic E-state index is 12.3. The number of carbonyl (C=O) groups excluding carboxylic acids is 3. The van der Waals surface area contributed by atoms with Crippen LogP contribution in [0.15, 0.2) is 48.5 Å². The van der Waals surface area contributed by atoms with Gasteiger partial charge in [-0.1, -0.05) is 12.8 Å². The summed E-state index contributed by atoms with van der Waals surface area (Å²) in [5, 5.41) is 5.81. The molecule has 0 radical (unpaired) electrons. The normalized spacial score (nSPS) is 13.8. The predicted molar refractivity (Wildman–Crippen MR) is 102 cm³/mol. The summed E-state index contributed by atoms with van der Waals surface area (Å²) >= 11 is 0. The Bertz CT molecular complexity index is 822. The van der Waals surface area contributed by atoms with Crippen molar-refractivity contribution in [2.45, 2.75) is 31.7 Å². The third-order valence-electron chi connectivity index (χ3n) is 4.66. The van der Waals surface area contributed by atoms with Gasteiger partial charge in [-0.05, 0) is 61.4 Å². The molecule has 2 aromatic carbocycles. The van der Waals surface area contributed by atoms with Crippen LogP contribution in [0.1, 0.15) is 56.8 Å². The van der Waals surface area contributed by atoms with Crippen molar-refractivity contribution in [1.29, 1.82) is 0 Å². The standard InChI is InChI=1S/C21H22N2O4/c1-27-21(26)16-8-6-14(7-9-16)19(24)23-18-12-10-15(11-13-18)20(25)22-17-4-2-3-5-17/h6-13,17H,2-5H2,1H3,(H,22,25)(H,23,24). The van der Waals surface area contributed by atoms with Crippen molar-refractivity contribution in [3.8, 4) is 0 Å². The topological polar surface area (TPSA) is 84.5 Å². The van der Waals surface area contributed by atoms with Crippen molar-refractivity contribution in [1.82, 2.24) is 5.32 Å². The highest BCUT2D eigenvalue weighted by molar-refractivity contribution is 6.05. The van der Waals surface area contributed by atoms with Gasteiger partial charge in [-0.2, -0.15) is 0 Å². The zero-order chi connectivity index (χ0) is 19.2. The number of nitrogens with one attached hydrogen (secondary N) is 2. The van der Waals surface area contributed by atoms with Crippen molar-refractivity contribution >= 4 is 23.5 Å². The predicted octanol–water partition coefficient (Wildman–Crippen LogP) is 3.40. The fourth-order valence-electron chi connectivity index (χ4n) is 3.12. The molecule has 140 valence electrons. The lowest BCUT2D eigenvalue weighted by Crippen LogP contribution is -2.32. The summed E-state index contributed by atoms with van der Waals surface area (Å²) in [5.74, 6) is -0.832. The minimum Gasteiger partial charge on any atom is -0.465 e. The quantitative estimate of drug-likeness (QED) is 0.795. The van der Waals surface area contributed by atoms with E-state index in [2.05, 4.69) is 15.4 Å². The highest BCUT2D eigenvalue weighted by atomic mass is 16.5. The number of rotatable bonds is 5. The maximum Gasteiger partial charge on any atom is 0.337 e. The van der Waals surface area contributed by atoms with E-state index >= 15 is 0 Å². The summed E-state index contributed by atoms with van der Waals surface area (Å²) in [7, 11) is 1.31. The van der Waals surface area contributed by atoms with Gasteiger partial charge in [0.1, 0.15) is 0 Å². The maximum atomic E-state index is 12.3. The Kier molecular flexibility index (Phi) is 5.86. The van der Waals surface area contributed by atoms with Crippen molar-refractivity contribution in [2.24, 2.45) is 0 Å². The molecule has 6 nitrogen and oxygen atoms in total. The number of methoxy groups -OCH3 is 1. The van der Waals surface area contributed by atoms with E-state index in [9.17, 15) is 14.4 Å². The van der Waals surface area contributed by atoms with Crippen LogP contribution >= 0.6 is 0 Å². The highest BCUT2D eigenvalue weighted by Gasteiger charge is 2.18. The summed E-state index contributed by atoms with van der Waals surface area (Å²) in [5.41, 5.74) is 1.97. The molecule has 1 fully saturated rings.